The van der Waals surface area contributed by atoms with Gasteiger partial charge in [-0.2, -0.15) is 31.3 Å². The summed E-state index contributed by atoms with van der Waals surface area (Å²) in [4.78, 5) is 14.2. The zero-order valence-corrected chi connectivity index (χ0v) is 11.1. The van der Waals surface area contributed by atoms with Crippen molar-refractivity contribution in [3.05, 3.63) is 28.8 Å². The number of aromatic hydroxyl groups is 1. The number of hydrogen-bond donors (Lipinski definition) is 3. The van der Waals surface area contributed by atoms with Crippen LogP contribution in [-0.2, 0) is 12.4 Å². The second kappa shape index (κ2) is 6.30. The number of benzene rings is 1. The molecule has 0 aromatic heterocycles. The monoisotopic (exact) mass is 351 g/mol. The van der Waals surface area contributed by atoms with E-state index < -0.39 is 46.7 Å². The van der Waals surface area contributed by atoms with E-state index in [2.05, 4.69) is 4.99 Å². The van der Waals surface area contributed by atoms with Crippen LogP contribution >= 0.6 is 12.4 Å². The number of carbonyl (C=O) groups excluding carboxylic acids is 1. The predicted molar refractivity (Wildman–Crippen MR) is 65.5 cm³/mol. The normalized spacial score (nSPS) is 11.5. The first-order chi connectivity index (χ1) is 9.34. The zero-order chi connectivity index (χ0) is 16.6. The van der Waals surface area contributed by atoms with Crippen LogP contribution in [0.1, 0.15) is 21.5 Å². The van der Waals surface area contributed by atoms with Gasteiger partial charge in [0.25, 0.3) is 5.91 Å². The first-order valence-electron chi connectivity index (χ1n) is 4.99. The molecule has 0 aliphatic carbocycles. The number of nitrogens with two attached hydrogens (primary N) is 2. The Morgan fingerprint density at radius 1 is 1.00 bits per heavy atom. The molecule has 0 spiro atoms. The van der Waals surface area contributed by atoms with Crippen LogP contribution in [0.4, 0.5) is 26.3 Å². The third kappa shape index (κ3) is 4.41. The molecule has 1 aromatic carbocycles. The van der Waals surface area contributed by atoms with Gasteiger partial charge in [-0.25, -0.2) is 0 Å². The van der Waals surface area contributed by atoms with Crippen molar-refractivity contribution in [2.75, 3.05) is 0 Å². The Balaban J connectivity index is 0.00000441. The van der Waals surface area contributed by atoms with Crippen molar-refractivity contribution in [1.82, 2.24) is 0 Å². The average Bonchev–Trinajstić information content (AvgIpc) is 2.24. The molecule has 1 rings (SSSR count). The number of rotatable bonds is 1. The molecule has 0 aliphatic heterocycles. The highest BCUT2D eigenvalue weighted by molar-refractivity contribution is 6.03. The fraction of sp³-hybridized carbons (Fsp3) is 0.200. The number of phenolic OH excluding ortho intramolecular Hbond substituents is 1. The van der Waals surface area contributed by atoms with Crippen molar-refractivity contribution >= 4 is 24.3 Å². The summed E-state index contributed by atoms with van der Waals surface area (Å²) >= 11 is 0. The smallest absolute Gasteiger partial charge is 0.419 e. The summed E-state index contributed by atoms with van der Waals surface area (Å²) in [5.41, 5.74) is 4.56. The van der Waals surface area contributed by atoms with E-state index in [1.807, 2.05) is 0 Å². The largest absolute Gasteiger partial charge is 0.507 e. The molecule has 5 N–H and O–H groups in total. The molecule has 0 bridgehead atoms. The standard InChI is InChI=1S/C10H7F6N3O2.ClH/c11-9(12,13)4-2-6(20)5(10(14,15)16)1-3(4)7(21)19-8(17)18;/h1-2,20H,(H4,17,18,19,21);1H. The Bertz CT molecular complexity index is 608. The number of hydrogen-bond acceptors (Lipinski definition) is 2. The lowest BCUT2D eigenvalue weighted by Gasteiger charge is -2.15. The van der Waals surface area contributed by atoms with Crippen LogP contribution < -0.4 is 11.5 Å². The van der Waals surface area contributed by atoms with E-state index in [1.165, 1.54) is 0 Å². The summed E-state index contributed by atoms with van der Waals surface area (Å²) in [5.74, 6) is -4.31. The van der Waals surface area contributed by atoms with E-state index in [0.717, 1.165) is 0 Å². The lowest BCUT2D eigenvalue weighted by Crippen LogP contribution is -2.25. The number of halogens is 7. The molecule has 22 heavy (non-hydrogen) atoms. The predicted octanol–water partition coefficient (Wildman–Crippen LogP) is 2.27. The Morgan fingerprint density at radius 2 is 1.45 bits per heavy atom. The van der Waals surface area contributed by atoms with Crippen LogP contribution in [-0.4, -0.2) is 17.0 Å². The number of nitrogens with zero attached hydrogens (tertiary/aromatic N) is 1. The number of alkyl halides is 6. The lowest BCUT2D eigenvalue weighted by atomic mass is 10.0. The van der Waals surface area contributed by atoms with Gasteiger partial charge < -0.3 is 16.6 Å². The van der Waals surface area contributed by atoms with Crippen LogP contribution in [0.3, 0.4) is 0 Å². The van der Waals surface area contributed by atoms with E-state index in [1.54, 1.807) is 0 Å². The second-order valence-corrected chi connectivity index (χ2v) is 3.75. The van der Waals surface area contributed by atoms with Crippen LogP contribution in [0.2, 0.25) is 0 Å². The van der Waals surface area contributed by atoms with E-state index >= 15 is 0 Å². The molecule has 124 valence electrons. The number of guanidine groups is 1. The van der Waals surface area contributed by atoms with Crippen molar-refractivity contribution in [3.63, 3.8) is 0 Å². The lowest BCUT2D eigenvalue weighted by molar-refractivity contribution is -0.142. The summed E-state index contributed by atoms with van der Waals surface area (Å²) in [6, 6.07) is -0.370. The molecule has 0 saturated heterocycles. The Morgan fingerprint density at radius 3 is 1.82 bits per heavy atom. The van der Waals surface area contributed by atoms with Gasteiger partial charge in [0.1, 0.15) is 5.75 Å². The SMILES string of the molecule is Cl.NC(N)=NC(=O)c1cc(C(F)(F)F)c(O)cc1C(F)(F)F. The van der Waals surface area contributed by atoms with Crippen LogP contribution in [0.15, 0.2) is 17.1 Å². The van der Waals surface area contributed by atoms with Gasteiger partial charge in [0.05, 0.1) is 16.7 Å². The molecule has 0 fully saturated rings. The summed E-state index contributed by atoms with van der Waals surface area (Å²) in [7, 11) is 0. The molecule has 0 aliphatic rings. The van der Waals surface area contributed by atoms with Crippen molar-refractivity contribution < 1.29 is 36.2 Å². The first kappa shape index (κ1) is 19.8. The molecule has 0 heterocycles. The fourth-order valence-electron chi connectivity index (χ4n) is 1.40. The van der Waals surface area contributed by atoms with E-state index in [9.17, 15) is 31.1 Å². The summed E-state index contributed by atoms with van der Waals surface area (Å²) in [5, 5.41) is 9.06. The average molecular weight is 352 g/mol. The van der Waals surface area contributed by atoms with Crippen molar-refractivity contribution in [2.45, 2.75) is 12.4 Å². The number of aliphatic imine (C=N–C) groups is 1. The van der Waals surface area contributed by atoms with Crippen LogP contribution in [0.5, 0.6) is 5.75 Å². The summed E-state index contributed by atoms with van der Waals surface area (Å²) < 4.78 is 75.7. The second-order valence-electron chi connectivity index (χ2n) is 3.75. The van der Waals surface area contributed by atoms with Gasteiger partial charge in [-0.3, -0.25) is 4.79 Å². The van der Waals surface area contributed by atoms with E-state index in [4.69, 9.17) is 16.6 Å². The maximum Gasteiger partial charge on any atom is 0.419 e. The summed E-state index contributed by atoms with van der Waals surface area (Å²) in [6.07, 6.45) is -10.4. The zero-order valence-electron chi connectivity index (χ0n) is 10.3. The Hall–Kier alpha value is -2.17. The quantitative estimate of drug-likeness (QED) is 0.410. The fourth-order valence-corrected chi connectivity index (χ4v) is 1.40. The van der Waals surface area contributed by atoms with Crippen molar-refractivity contribution in [2.24, 2.45) is 16.5 Å². The minimum absolute atomic E-state index is 0. The van der Waals surface area contributed by atoms with Gasteiger partial charge in [0, 0.05) is 0 Å². The van der Waals surface area contributed by atoms with Gasteiger partial charge in [0.2, 0.25) is 0 Å². The van der Waals surface area contributed by atoms with Crippen molar-refractivity contribution in [1.29, 1.82) is 0 Å². The molecule has 0 unspecified atom stereocenters. The van der Waals surface area contributed by atoms with Crippen LogP contribution in [0, 0.1) is 0 Å². The van der Waals surface area contributed by atoms with Crippen LogP contribution in [0.25, 0.3) is 0 Å². The van der Waals surface area contributed by atoms with Gasteiger partial charge in [0.15, 0.2) is 5.96 Å². The molecule has 1 amide bonds. The third-order valence-electron chi connectivity index (χ3n) is 2.21. The molecular weight excluding hydrogens is 344 g/mol. The molecule has 0 radical (unpaired) electrons. The number of amides is 1. The Labute approximate surface area is 125 Å². The third-order valence-corrected chi connectivity index (χ3v) is 2.21. The highest BCUT2D eigenvalue weighted by Gasteiger charge is 2.41. The van der Waals surface area contributed by atoms with Crippen molar-refractivity contribution in [3.8, 4) is 5.75 Å². The minimum Gasteiger partial charge on any atom is -0.507 e. The molecular formula is C10H8ClF6N3O2. The molecule has 5 nitrogen and oxygen atoms in total. The first-order valence-corrected chi connectivity index (χ1v) is 4.99. The van der Waals surface area contributed by atoms with E-state index in [-0.39, 0.29) is 24.5 Å². The maximum absolute atomic E-state index is 12.7. The number of carbonyl (C=O) groups is 1. The maximum atomic E-state index is 12.7. The highest BCUT2D eigenvalue weighted by Crippen LogP contribution is 2.41. The van der Waals surface area contributed by atoms with Gasteiger partial charge >= 0.3 is 12.4 Å². The van der Waals surface area contributed by atoms with Gasteiger partial charge in [-0.15, -0.1) is 12.4 Å². The molecule has 0 saturated carbocycles. The Kier molecular flexibility index (Phi) is 5.68. The minimum atomic E-state index is -5.19. The van der Waals surface area contributed by atoms with Gasteiger partial charge in [-0.1, -0.05) is 0 Å². The summed E-state index contributed by atoms with van der Waals surface area (Å²) in [6.45, 7) is 0. The highest BCUT2D eigenvalue weighted by atomic mass is 35.5. The number of phenols is 1. The van der Waals surface area contributed by atoms with Gasteiger partial charge in [-0.05, 0) is 12.1 Å². The molecule has 12 heteroatoms. The molecule has 1 aromatic rings. The topological polar surface area (TPSA) is 102 Å². The van der Waals surface area contributed by atoms with E-state index in [0.29, 0.717) is 0 Å². The molecule has 0 atom stereocenters.